The summed E-state index contributed by atoms with van der Waals surface area (Å²) in [5, 5.41) is 0. The van der Waals surface area contributed by atoms with Gasteiger partial charge in [0.05, 0.1) is 22.6 Å². The highest BCUT2D eigenvalue weighted by Gasteiger charge is 2.31. The Labute approximate surface area is 133 Å². The molecule has 2 heterocycles. The monoisotopic (exact) mass is 313 g/mol. The summed E-state index contributed by atoms with van der Waals surface area (Å²) < 4.78 is 13.7. The van der Waals surface area contributed by atoms with E-state index >= 15 is 0 Å². The van der Waals surface area contributed by atoms with E-state index in [1.54, 1.807) is 12.3 Å². The van der Waals surface area contributed by atoms with Gasteiger partial charge in [0, 0.05) is 12.1 Å². The van der Waals surface area contributed by atoms with Gasteiger partial charge in [0.1, 0.15) is 5.82 Å². The quantitative estimate of drug-likeness (QED) is 0.795. The summed E-state index contributed by atoms with van der Waals surface area (Å²) in [7, 11) is 0. The summed E-state index contributed by atoms with van der Waals surface area (Å²) in [5.41, 5.74) is 2.47. The second-order valence-electron chi connectivity index (χ2n) is 5.70. The van der Waals surface area contributed by atoms with Crippen LogP contribution in [-0.2, 0) is 4.79 Å². The molecule has 0 bridgehead atoms. The molecule has 3 rings (SSSR count). The average Bonchev–Trinajstić information content (AvgIpc) is 3.37. The van der Waals surface area contributed by atoms with Crippen LogP contribution in [-0.4, -0.2) is 22.7 Å². The maximum atomic E-state index is 13.7. The predicted octanol–water partition coefficient (Wildman–Crippen LogP) is 3.22. The Morgan fingerprint density at radius 2 is 2.04 bits per heavy atom. The number of nitrogens with zero attached hydrogens (tertiary/aromatic N) is 3. The molecular weight excluding hydrogens is 297 g/mol. The summed E-state index contributed by atoms with van der Waals surface area (Å²) in [6.45, 7) is 3.37. The van der Waals surface area contributed by atoms with E-state index in [9.17, 15) is 14.0 Å². The van der Waals surface area contributed by atoms with Crippen molar-refractivity contribution in [2.45, 2.75) is 32.6 Å². The zero-order valence-corrected chi connectivity index (χ0v) is 12.9. The zero-order chi connectivity index (χ0) is 16.6. The van der Waals surface area contributed by atoms with Crippen molar-refractivity contribution in [3.05, 3.63) is 46.7 Å². The van der Waals surface area contributed by atoms with Gasteiger partial charge in [-0.15, -0.1) is 0 Å². The molecule has 2 aromatic heterocycles. The van der Waals surface area contributed by atoms with Crippen molar-refractivity contribution in [1.82, 2.24) is 9.97 Å². The fourth-order valence-corrected chi connectivity index (χ4v) is 2.61. The Morgan fingerprint density at radius 3 is 2.65 bits per heavy atom. The van der Waals surface area contributed by atoms with Gasteiger partial charge in [0.25, 0.3) is 0 Å². The molecule has 1 saturated carbocycles. The highest BCUT2D eigenvalue weighted by atomic mass is 19.1. The molecule has 0 aromatic carbocycles. The summed E-state index contributed by atoms with van der Waals surface area (Å²) in [5.74, 6) is -0.132. The van der Waals surface area contributed by atoms with Crippen LogP contribution in [0.1, 0.15) is 46.1 Å². The summed E-state index contributed by atoms with van der Waals surface area (Å²) >= 11 is 0. The molecule has 0 saturated heterocycles. The first-order valence-electron chi connectivity index (χ1n) is 7.39. The van der Waals surface area contributed by atoms with Crippen LogP contribution in [0.3, 0.4) is 0 Å². The van der Waals surface area contributed by atoms with Gasteiger partial charge < -0.3 is 0 Å². The van der Waals surface area contributed by atoms with Crippen molar-refractivity contribution in [2.24, 2.45) is 0 Å². The van der Waals surface area contributed by atoms with Crippen molar-refractivity contribution < 1.29 is 14.0 Å². The third kappa shape index (κ3) is 2.72. The summed E-state index contributed by atoms with van der Waals surface area (Å²) in [6, 6.07) is 2.90. The number of carbonyl (C=O) groups excluding carboxylic acids is 2. The van der Waals surface area contributed by atoms with Crippen molar-refractivity contribution >= 4 is 24.2 Å². The summed E-state index contributed by atoms with van der Waals surface area (Å²) in [6.07, 6.45) is 4.85. The number of aldehydes is 1. The second kappa shape index (κ2) is 5.87. The molecule has 2 aromatic rings. The van der Waals surface area contributed by atoms with E-state index in [1.807, 2.05) is 6.92 Å². The first kappa shape index (κ1) is 15.3. The van der Waals surface area contributed by atoms with Crippen LogP contribution >= 0.6 is 0 Å². The summed E-state index contributed by atoms with van der Waals surface area (Å²) in [4.78, 5) is 32.9. The van der Waals surface area contributed by atoms with Gasteiger partial charge in [-0.05, 0) is 44.4 Å². The lowest BCUT2D eigenvalue weighted by molar-refractivity contribution is -0.106. The number of hydrogen-bond acceptors (Lipinski definition) is 4. The first-order valence-corrected chi connectivity index (χ1v) is 7.39. The Bertz CT molecular complexity index is 788. The molecule has 1 fully saturated rings. The van der Waals surface area contributed by atoms with Crippen LogP contribution in [0.4, 0.5) is 15.9 Å². The molecular formula is C17H16FN3O2. The van der Waals surface area contributed by atoms with Crippen molar-refractivity contribution in [3.8, 4) is 0 Å². The molecule has 1 aliphatic rings. The molecule has 0 atom stereocenters. The average molecular weight is 313 g/mol. The molecule has 1 amide bonds. The number of carbonyl (C=O) groups is 2. The van der Waals surface area contributed by atoms with Crippen LogP contribution in [0.2, 0.25) is 0 Å². The van der Waals surface area contributed by atoms with Gasteiger partial charge in [0.15, 0.2) is 12.1 Å². The van der Waals surface area contributed by atoms with Crippen LogP contribution in [0.25, 0.3) is 0 Å². The number of hydrogen-bond donors (Lipinski definition) is 0. The van der Waals surface area contributed by atoms with E-state index in [0.717, 1.165) is 30.2 Å². The lowest BCUT2D eigenvalue weighted by Gasteiger charge is -2.23. The van der Waals surface area contributed by atoms with Crippen LogP contribution in [0.15, 0.2) is 18.3 Å². The lowest BCUT2D eigenvalue weighted by Crippen LogP contribution is -2.21. The van der Waals surface area contributed by atoms with Gasteiger partial charge in [-0.2, -0.15) is 0 Å². The largest absolute Gasteiger partial charge is 0.298 e. The van der Waals surface area contributed by atoms with Crippen molar-refractivity contribution in [2.75, 3.05) is 4.90 Å². The predicted molar refractivity (Wildman–Crippen MR) is 83.5 cm³/mol. The third-order valence-electron chi connectivity index (χ3n) is 3.98. The minimum absolute atomic E-state index is 0.0326. The number of halogens is 1. The van der Waals surface area contributed by atoms with E-state index in [1.165, 1.54) is 11.8 Å². The Kier molecular flexibility index (Phi) is 3.90. The van der Waals surface area contributed by atoms with E-state index < -0.39 is 5.82 Å². The van der Waals surface area contributed by atoms with Gasteiger partial charge in [0.2, 0.25) is 6.41 Å². The van der Waals surface area contributed by atoms with Gasteiger partial charge in [-0.3, -0.25) is 19.5 Å². The number of aryl methyl sites for hydroxylation is 2. The number of anilines is 2. The van der Waals surface area contributed by atoms with Crippen LogP contribution in [0, 0.1) is 19.7 Å². The maximum absolute atomic E-state index is 13.7. The van der Waals surface area contributed by atoms with E-state index in [2.05, 4.69) is 9.97 Å². The van der Waals surface area contributed by atoms with E-state index in [-0.39, 0.29) is 17.1 Å². The molecule has 0 N–H and O–H groups in total. The van der Waals surface area contributed by atoms with Crippen LogP contribution < -0.4 is 4.90 Å². The molecule has 0 unspecified atom stereocenters. The van der Waals surface area contributed by atoms with Gasteiger partial charge in [-0.1, -0.05) is 0 Å². The smallest absolute Gasteiger partial charge is 0.219 e. The molecule has 6 heteroatoms. The van der Waals surface area contributed by atoms with Crippen LogP contribution in [0.5, 0.6) is 0 Å². The van der Waals surface area contributed by atoms with E-state index in [4.69, 9.17) is 0 Å². The Morgan fingerprint density at radius 1 is 1.30 bits per heavy atom. The molecule has 5 nitrogen and oxygen atoms in total. The third-order valence-corrected chi connectivity index (χ3v) is 3.98. The topological polar surface area (TPSA) is 63.2 Å². The fraction of sp³-hybridized carbons (Fsp3) is 0.294. The normalized spacial score (nSPS) is 13.7. The van der Waals surface area contributed by atoms with E-state index in [0.29, 0.717) is 24.3 Å². The Balaban J connectivity index is 2.20. The van der Waals surface area contributed by atoms with Gasteiger partial charge in [-0.25, -0.2) is 9.37 Å². The number of amides is 1. The minimum Gasteiger partial charge on any atom is -0.298 e. The highest BCUT2D eigenvalue weighted by molar-refractivity contribution is 5.94. The molecule has 118 valence electrons. The molecule has 23 heavy (non-hydrogen) atoms. The lowest BCUT2D eigenvalue weighted by atomic mass is 10.1. The van der Waals surface area contributed by atoms with Crippen molar-refractivity contribution in [1.29, 1.82) is 0 Å². The molecule has 1 aliphatic carbocycles. The SMILES string of the molecule is Cc1ccnc(C2CC2)c1N(C=O)c1nc(C)c(F)cc1C=O. The number of pyridine rings is 2. The second-order valence-corrected chi connectivity index (χ2v) is 5.70. The fourth-order valence-electron chi connectivity index (χ4n) is 2.61. The molecule has 0 aliphatic heterocycles. The zero-order valence-electron chi connectivity index (χ0n) is 12.9. The highest BCUT2D eigenvalue weighted by Crippen LogP contribution is 2.45. The first-order chi connectivity index (χ1) is 11.1. The van der Waals surface area contributed by atoms with Gasteiger partial charge >= 0.3 is 0 Å². The Hall–Kier alpha value is -2.63. The van der Waals surface area contributed by atoms with Crippen molar-refractivity contribution in [3.63, 3.8) is 0 Å². The molecule has 0 radical (unpaired) electrons. The number of aromatic nitrogens is 2. The number of rotatable bonds is 5. The maximum Gasteiger partial charge on any atom is 0.219 e. The minimum atomic E-state index is -0.577. The standard InChI is InChI=1S/C17H16FN3O2/c1-10-5-6-19-15(12-3-4-12)16(10)21(9-23)17-13(8-22)7-14(18)11(2)20-17/h5-9,12H,3-4H2,1-2H3. The molecule has 0 spiro atoms.